The number of nitrogen functional groups attached to an aromatic ring is 1. The molecule has 0 spiro atoms. The van der Waals surface area contributed by atoms with E-state index in [1.807, 2.05) is 18.2 Å². The first-order valence-corrected chi connectivity index (χ1v) is 8.09. The molecular formula is C16H20N2O2S. The smallest absolute Gasteiger partial charge is 0.263 e. The molecule has 1 aliphatic carbocycles. The van der Waals surface area contributed by atoms with Crippen molar-refractivity contribution in [3.05, 3.63) is 23.1 Å². The molecule has 0 unspecified atom stereocenters. The quantitative estimate of drug-likeness (QED) is 0.908. The van der Waals surface area contributed by atoms with Crippen LogP contribution in [0.15, 0.2) is 18.2 Å². The van der Waals surface area contributed by atoms with Crippen LogP contribution < -0.4 is 15.8 Å². The third-order valence-electron chi connectivity index (χ3n) is 4.51. The van der Waals surface area contributed by atoms with Gasteiger partial charge in [-0.1, -0.05) is 13.0 Å². The summed E-state index contributed by atoms with van der Waals surface area (Å²) in [6.07, 6.45) is 4.27. The van der Waals surface area contributed by atoms with Crippen molar-refractivity contribution >= 4 is 33.0 Å². The molecule has 3 rings (SSSR count). The third kappa shape index (κ3) is 2.25. The second kappa shape index (κ2) is 5.22. The van der Waals surface area contributed by atoms with Crippen molar-refractivity contribution in [3.8, 4) is 5.75 Å². The van der Waals surface area contributed by atoms with Crippen LogP contribution in [0.5, 0.6) is 5.75 Å². The second-order valence-electron chi connectivity index (χ2n) is 5.62. The van der Waals surface area contributed by atoms with E-state index >= 15 is 0 Å². The lowest BCUT2D eigenvalue weighted by molar-refractivity contribution is 0.0825. The van der Waals surface area contributed by atoms with Crippen LogP contribution in [-0.2, 0) is 0 Å². The van der Waals surface area contributed by atoms with E-state index in [0.29, 0.717) is 16.3 Å². The largest absolute Gasteiger partial charge is 0.496 e. The van der Waals surface area contributed by atoms with E-state index in [2.05, 4.69) is 12.2 Å². The molecule has 2 aromatic rings. The summed E-state index contributed by atoms with van der Waals surface area (Å²) in [5.74, 6) is 0.659. The molecule has 0 saturated heterocycles. The minimum absolute atomic E-state index is 0.0240. The van der Waals surface area contributed by atoms with Crippen molar-refractivity contribution in [2.75, 3.05) is 12.8 Å². The van der Waals surface area contributed by atoms with Crippen LogP contribution in [0.4, 0.5) is 5.69 Å². The van der Waals surface area contributed by atoms with E-state index in [9.17, 15) is 4.79 Å². The lowest BCUT2D eigenvalue weighted by Crippen LogP contribution is -2.52. The van der Waals surface area contributed by atoms with Crippen LogP contribution in [0.3, 0.4) is 0 Å². The topological polar surface area (TPSA) is 64.3 Å². The summed E-state index contributed by atoms with van der Waals surface area (Å²) in [5.41, 5.74) is 6.71. The zero-order valence-corrected chi connectivity index (χ0v) is 13.2. The van der Waals surface area contributed by atoms with Crippen molar-refractivity contribution in [2.45, 2.75) is 38.1 Å². The summed E-state index contributed by atoms with van der Waals surface area (Å²) in [6.45, 7) is 2.12. The van der Waals surface area contributed by atoms with Gasteiger partial charge in [0.15, 0.2) is 0 Å². The molecule has 112 valence electrons. The maximum absolute atomic E-state index is 12.6. The highest BCUT2D eigenvalue weighted by Crippen LogP contribution is 2.40. The van der Waals surface area contributed by atoms with Gasteiger partial charge in [-0.2, -0.15) is 0 Å². The highest BCUT2D eigenvalue weighted by Gasteiger charge is 2.37. The fraction of sp³-hybridized carbons (Fsp3) is 0.438. The minimum atomic E-state index is -0.0581. The number of hydrogen-bond acceptors (Lipinski definition) is 4. The highest BCUT2D eigenvalue weighted by atomic mass is 32.1. The van der Waals surface area contributed by atoms with Gasteiger partial charge in [0.25, 0.3) is 5.91 Å². The van der Waals surface area contributed by atoms with Crippen LogP contribution in [0.25, 0.3) is 10.1 Å². The van der Waals surface area contributed by atoms with Gasteiger partial charge in [0.2, 0.25) is 0 Å². The molecule has 1 fully saturated rings. The number of amides is 1. The average Bonchev–Trinajstić information content (AvgIpc) is 2.80. The number of anilines is 1. The normalized spacial score (nSPS) is 16.5. The van der Waals surface area contributed by atoms with Crippen molar-refractivity contribution in [3.63, 3.8) is 0 Å². The van der Waals surface area contributed by atoms with Crippen LogP contribution in [0.1, 0.15) is 42.3 Å². The Morgan fingerprint density at radius 2 is 2.24 bits per heavy atom. The average molecular weight is 304 g/mol. The van der Waals surface area contributed by atoms with Crippen molar-refractivity contribution < 1.29 is 9.53 Å². The molecule has 0 radical (unpaired) electrons. The maximum atomic E-state index is 12.6. The number of carbonyl (C=O) groups excluding carboxylic acids is 1. The maximum Gasteiger partial charge on any atom is 0.263 e. The standard InChI is InChI=1S/C16H20N2O2S/c1-3-16(8-5-9-16)18-15(19)14-13(17)12-10(20-2)6-4-7-11(12)21-14/h4,6-7H,3,5,8-9,17H2,1-2H3,(H,18,19). The molecule has 0 bridgehead atoms. The number of fused-ring (bicyclic) bond motifs is 1. The first kappa shape index (κ1) is 14.2. The fourth-order valence-electron chi connectivity index (χ4n) is 2.95. The molecule has 4 nitrogen and oxygen atoms in total. The molecule has 1 amide bonds. The Bertz CT molecular complexity index is 683. The van der Waals surface area contributed by atoms with Gasteiger partial charge in [0.05, 0.1) is 18.2 Å². The number of rotatable bonds is 4. The van der Waals surface area contributed by atoms with E-state index in [1.54, 1.807) is 7.11 Å². The van der Waals surface area contributed by atoms with Crippen LogP contribution >= 0.6 is 11.3 Å². The number of benzene rings is 1. The monoisotopic (exact) mass is 304 g/mol. The molecule has 5 heteroatoms. The Morgan fingerprint density at radius 3 is 2.81 bits per heavy atom. The van der Waals surface area contributed by atoms with E-state index in [4.69, 9.17) is 10.5 Å². The van der Waals surface area contributed by atoms with E-state index < -0.39 is 0 Å². The number of methoxy groups -OCH3 is 1. The van der Waals surface area contributed by atoms with Gasteiger partial charge in [-0.15, -0.1) is 11.3 Å². The molecule has 0 aliphatic heterocycles. The summed E-state index contributed by atoms with van der Waals surface area (Å²) >= 11 is 1.43. The molecule has 1 saturated carbocycles. The summed E-state index contributed by atoms with van der Waals surface area (Å²) in [6, 6.07) is 5.75. The van der Waals surface area contributed by atoms with Gasteiger partial charge in [0, 0.05) is 10.2 Å². The van der Waals surface area contributed by atoms with Crippen LogP contribution in [0.2, 0.25) is 0 Å². The van der Waals surface area contributed by atoms with Gasteiger partial charge in [0.1, 0.15) is 10.6 Å². The minimum Gasteiger partial charge on any atom is -0.496 e. The number of hydrogen-bond donors (Lipinski definition) is 2. The SMILES string of the molecule is CCC1(NC(=O)c2sc3cccc(OC)c3c2N)CCC1. The van der Waals surface area contributed by atoms with Crippen molar-refractivity contribution in [2.24, 2.45) is 0 Å². The Morgan fingerprint density at radius 1 is 1.48 bits per heavy atom. The first-order valence-electron chi connectivity index (χ1n) is 7.28. The third-order valence-corrected chi connectivity index (χ3v) is 5.68. The molecule has 3 N–H and O–H groups in total. The molecule has 21 heavy (non-hydrogen) atoms. The highest BCUT2D eigenvalue weighted by molar-refractivity contribution is 7.21. The Labute approximate surface area is 128 Å². The van der Waals surface area contributed by atoms with Gasteiger partial charge < -0.3 is 15.8 Å². The van der Waals surface area contributed by atoms with E-state index in [-0.39, 0.29) is 11.4 Å². The number of ether oxygens (including phenoxy) is 1. The van der Waals surface area contributed by atoms with Gasteiger partial charge >= 0.3 is 0 Å². The molecule has 1 aromatic carbocycles. The summed E-state index contributed by atoms with van der Waals surface area (Å²) in [4.78, 5) is 13.2. The van der Waals surface area contributed by atoms with Gasteiger partial charge in [-0.05, 0) is 37.8 Å². The Kier molecular flexibility index (Phi) is 3.53. The van der Waals surface area contributed by atoms with E-state index in [1.165, 1.54) is 17.8 Å². The lowest BCUT2D eigenvalue weighted by Gasteiger charge is -2.41. The Balaban J connectivity index is 1.97. The summed E-state index contributed by atoms with van der Waals surface area (Å²) in [7, 11) is 1.62. The number of thiophene rings is 1. The second-order valence-corrected chi connectivity index (χ2v) is 6.67. The van der Waals surface area contributed by atoms with Crippen LogP contribution in [-0.4, -0.2) is 18.6 Å². The zero-order chi connectivity index (χ0) is 15.0. The molecular weight excluding hydrogens is 284 g/mol. The predicted molar refractivity (Wildman–Crippen MR) is 87.1 cm³/mol. The predicted octanol–water partition coefficient (Wildman–Crippen LogP) is 3.55. The molecule has 1 aliphatic rings. The summed E-state index contributed by atoms with van der Waals surface area (Å²) < 4.78 is 6.33. The Hall–Kier alpha value is -1.75. The lowest BCUT2D eigenvalue weighted by atomic mass is 9.75. The van der Waals surface area contributed by atoms with Gasteiger partial charge in [-0.3, -0.25) is 4.79 Å². The molecule has 0 atom stereocenters. The van der Waals surface area contributed by atoms with Crippen molar-refractivity contribution in [1.82, 2.24) is 5.32 Å². The number of carbonyl (C=O) groups is 1. The van der Waals surface area contributed by atoms with Crippen LogP contribution in [0, 0.1) is 0 Å². The van der Waals surface area contributed by atoms with Gasteiger partial charge in [-0.25, -0.2) is 0 Å². The zero-order valence-electron chi connectivity index (χ0n) is 12.4. The number of nitrogens with two attached hydrogens (primary N) is 1. The number of nitrogens with one attached hydrogen (secondary N) is 1. The summed E-state index contributed by atoms with van der Waals surface area (Å²) in [5, 5.41) is 4.03. The molecule has 1 heterocycles. The first-order chi connectivity index (χ1) is 10.1. The fourth-order valence-corrected chi connectivity index (χ4v) is 3.98. The molecule has 1 aromatic heterocycles. The van der Waals surface area contributed by atoms with Crippen molar-refractivity contribution in [1.29, 1.82) is 0 Å². The van der Waals surface area contributed by atoms with E-state index in [0.717, 1.165) is 29.3 Å².